The predicted octanol–water partition coefficient (Wildman–Crippen LogP) is 2.64. The van der Waals surface area contributed by atoms with Crippen LogP contribution in [0.5, 0.6) is 5.75 Å². The largest absolute Gasteiger partial charge is 0.508 e. The van der Waals surface area contributed by atoms with Crippen molar-refractivity contribution in [1.82, 2.24) is 0 Å². The average Bonchev–Trinajstić information content (AvgIpc) is 3.47. The fraction of sp³-hybridized carbons (Fsp3) is 0.500. The van der Waals surface area contributed by atoms with Crippen LogP contribution in [0.1, 0.15) is 63.0 Å². The van der Waals surface area contributed by atoms with Crippen molar-refractivity contribution in [2.45, 2.75) is 74.9 Å². The molecule has 1 amide bonds. The van der Waals surface area contributed by atoms with Gasteiger partial charge in [0.2, 0.25) is 5.78 Å². The normalized spacial score (nSPS) is 31.3. The smallest absolute Gasteiger partial charge is 0.305 e. The van der Waals surface area contributed by atoms with Gasteiger partial charge >= 0.3 is 5.97 Å². The summed E-state index contributed by atoms with van der Waals surface area (Å²) in [6, 6.07) is 3.05. The lowest BCUT2D eigenvalue weighted by molar-refractivity contribution is -0.180. The minimum Gasteiger partial charge on any atom is -0.508 e. The SMILES string of the molecule is CC=N[C@@H]1C(=O)C(C(N)=O)=C(O)[C@@]2(O)C(=O)C3=C(O)c4c(O)cccc4[C@H](CSC4CCCC4)C3C(OC(=O)CC)C12. The fourth-order valence-corrected chi connectivity index (χ4v) is 8.54. The molecule has 0 aromatic heterocycles. The number of primary amides is 1. The third-order valence-electron chi connectivity index (χ3n) is 8.89. The number of phenolic OH excluding ortho intramolecular Hbond substituents is 1. The molecule has 2 saturated carbocycles. The Balaban J connectivity index is 1.80. The monoisotopic (exact) mass is 598 g/mol. The molecule has 4 aliphatic rings. The summed E-state index contributed by atoms with van der Waals surface area (Å²) in [7, 11) is 0. The van der Waals surface area contributed by atoms with Gasteiger partial charge in [0.15, 0.2) is 11.4 Å². The third kappa shape index (κ3) is 4.43. The number of phenols is 1. The number of benzene rings is 1. The maximum atomic E-state index is 14.4. The van der Waals surface area contributed by atoms with Gasteiger partial charge in [0.1, 0.15) is 35.0 Å². The average molecular weight is 599 g/mol. The number of aromatic hydroxyl groups is 1. The third-order valence-corrected chi connectivity index (χ3v) is 10.4. The van der Waals surface area contributed by atoms with Crippen LogP contribution in [-0.4, -0.2) is 78.8 Å². The van der Waals surface area contributed by atoms with Gasteiger partial charge in [0, 0.05) is 34.8 Å². The predicted molar refractivity (Wildman–Crippen MR) is 154 cm³/mol. The number of amides is 1. The molecule has 0 heterocycles. The maximum absolute atomic E-state index is 14.4. The molecule has 42 heavy (non-hydrogen) atoms. The molecule has 3 unspecified atom stereocenters. The minimum absolute atomic E-state index is 0.00894. The number of ketones is 2. The quantitative estimate of drug-likeness (QED) is 0.177. The van der Waals surface area contributed by atoms with Gasteiger partial charge in [0.25, 0.3) is 5.91 Å². The molecule has 224 valence electrons. The Morgan fingerprint density at radius 2 is 1.88 bits per heavy atom. The Kier molecular flexibility index (Phi) is 7.97. The first-order chi connectivity index (χ1) is 20.0. The second-order valence-corrected chi connectivity index (χ2v) is 12.4. The Morgan fingerprint density at radius 1 is 1.19 bits per heavy atom. The highest BCUT2D eigenvalue weighted by Crippen LogP contribution is 2.57. The fourth-order valence-electron chi connectivity index (χ4n) is 7.00. The Hall–Kier alpha value is -3.64. The summed E-state index contributed by atoms with van der Waals surface area (Å²) in [5, 5.41) is 46.0. The van der Waals surface area contributed by atoms with E-state index in [9.17, 15) is 39.6 Å². The van der Waals surface area contributed by atoms with E-state index in [-0.39, 0.29) is 23.3 Å². The van der Waals surface area contributed by atoms with Crippen LogP contribution >= 0.6 is 11.8 Å². The molecule has 11 nitrogen and oxygen atoms in total. The molecule has 0 bridgehead atoms. The summed E-state index contributed by atoms with van der Waals surface area (Å²) in [5.74, 6) is -9.48. The van der Waals surface area contributed by atoms with E-state index in [4.69, 9.17) is 10.5 Å². The van der Waals surface area contributed by atoms with Crippen LogP contribution in [0.4, 0.5) is 0 Å². The van der Waals surface area contributed by atoms with Crippen molar-refractivity contribution in [3.63, 3.8) is 0 Å². The van der Waals surface area contributed by atoms with Crippen LogP contribution in [0.25, 0.3) is 5.76 Å². The molecule has 4 aliphatic carbocycles. The Labute approximate surface area is 246 Å². The van der Waals surface area contributed by atoms with E-state index < -0.39 is 76.0 Å². The molecule has 6 atom stereocenters. The highest BCUT2D eigenvalue weighted by Gasteiger charge is 2.69. The van der Waals surface area contributed by atoms with E-state index in [0.29, 0.717) is 16.6 Å². The van der Waals surface area contributed by atoms with Gasteiger partial charge in [0.05, 0.1) is 11.5 Å². The number of nitrogens with zero attached hydrogens (tertiary/aromatic N) is 1. The van der Waals surface area contributed by atoms with Gasteiger partial charge in [-0.05, 0) is 37.6 Å². The van der Waals surface area contributed by atoms with Crippen LogP contribution in [0.2, 0.25) is 0 Å². The number of carbonyl (C=O) groups is 4. The molecule has 0 saturated heterocycles. The van der Waals surface area contributed by atoms with Crippen LogP contribution in [0.15, 0.2) is 40.1 Å². The number of hydrogen-bond acceptors (Lipinski definition) is 11. The van der Waals surface area contributed by atoms with Crippen LogP contribution in [0, 0.1) is 11.8 Å². The number of nitrogens with two attached hydrogens (primary N) is 1. The molecule has 5 rings (SSSR count). The van der Waals surface area contributed by atoms with Gasteiger partial charge in [-0.15, -0.1) is 0 Å². The summed E-state index contributed by atoms with van der Waals surface area (Å²) >= 11 is 1.67. The van der Waals surface area contributed by atoms with Crippen molar-refractivity contribution in [1.29, 1.82) is 0 Å². The summed E-state index contributed by atoms with van der Waals surface area (Å²) in [6.07, 6.45) is 3.91. The summed E-state index contributed by atoms with van der Waals surface area (Å²) in [4.78, 5) is 57.3. The van der Waals surface area contributed by atoms with Gasteiger partial charge in [-0.1, -0.05) is 31.9 Å². The van der Waals surface area contributed by atoms with E-state index in [2.05, 4.69) is 4.99 Å². The zero-order valence-electron chi connectivity index (χ0n) is 23.3. The first-order valence-electron chi connectivity index (χ1n) is 14.1. The Bertz CT molecular complexity index is 1440. The summed E-state index contributed by atoms with van der Waals surface area (Å²) < 4.78 is 5.91. The van der Waals surface area contributed by atoms with E-state index in [1.165, 1.54) is 19.2 Å². The maximum Gasteiger partial charge on any atom is 0.305 e. The zero-order chi connectivity index (χ0) is 30.5. The molecule has 1 aromatic carbocycles. The van der Waals surface area contributed by atoms with E-state index >= 15 is 0 Å². The highest BCUT2D eigenvalue weighted by molar-refractivity contribution is 7.99. The molecular formula is C30H34N2O9S. The van der Waals surface area contributed by atoms with Gasteiger partial charge in [-0.3, -0.25) is 24.2 Å². The van der Waals surface area contributed by atoms with Crippen molar-refractivity contribution in [2.75, 3.05) is 5.75 Å². The standard InChI is InChI=1S/C30H34N2O9S/c1-3-17(34)41-26-19-15(12-42-13-8-5-6-9-13)14-10-7-11-16(33)18(14)24(35)20(19)27(37)30(40)22(26)23(32-4-2)25(36)21(28(30)38)29(31)39/h4,7,10-11,13,15,19,22-23,26,33,35,38,40H,3,5-6,8-9,12H2,1-2H3,(H2,31,39)/t15-,19?,22?,23-,26?,30-/m0/s1. The van der Waals surface area contributed by atoms with E-state index in [1.807, 2.05) is 0 Å². The number of ether oxygens (including phenoxy) is 1. The van der Waals surface area contributed by atoms with Crippen molar-refractivity contribution < 1.29 is 44.3 Å². The first-order valence-corrected chi connectivity index (χ1v) is 15.1. The van der Waals surface area contributed by atoms with Crippen molar-refractivity contribution >= 4 is 47.2 Å². The second-order valence-electron chi connectivity index (χ2n) is 11.1. The van der Waals surface area contributed by atoms with Crippen molar-refractivity contribution in [2.24, 2.45) is 22.6 Å². The number of fused-ring (bicyclic) bond motifs is 3. The summed E-state index contributed by atoms with van der Waals surface area (Å²) in [6.45, 7) is 3.04. The second kappa shape index (κ2) is 11.2. The number of aliphatic imine (C=N–C) groups is 1. The molecule has 12 heteroatoms. The lowest BCUT2D eigenvalue weighted by atomic mass is 9.54. The van der Waals surface area contributed by atoms with Crippen LogP contribution in [0.3, 0.4) is 0 Å². The molecule has 2 fully saturated rings. The number of aliphatic hydroxyl groups excluding tert-OH is 2. The topological polar surface area (TPSA) is 197 Å². The number of aliphatic hydroxyl groups is 3. The Morgan fingerprint density at radius 3 is 2.50 bits per heavy atom. The van der Waals surface area contributed by atoms with E-state index in [0.717, 1.165) is 25.7 Å². The van der Waals surface area contributed by atoms with Gasteiger partial charge < -0.3 is 30.9 Å². The molecular weight excluding hydrogens is 564 g/mol. The minimum atomic E-state index is -3.00. The van der Waals surface area contributed by atoms with Crippen LogP contribution in [-0.2, 0) is 23.9 Å². The molecule has 1 aromatic rings. The summed E-state index contributed by atoms with van der Waals surface area (Å²) in [5.41, 5.74) is 1.53. The number of hydrogen-bond donors (Lipinski definition) is 5. The molecule has 0 aliphatic heterocycles. The number of carbonyl (C=O) groups excluding carboxylic acids is 4. The number of thioether (sulfide) groups is 1. The number of rotatable bonds is 7. The highest BCUT2D eigenvalue weighted by atomic mass is 32.2. The van der Waals surface area contributed by atoms with Gasteiger partial charge in [-0.25, -0.2) is 0 Å². The van der Waals surface area contributed by atoms with Crippen LogP contribution < -0.4 is 5.73 Å². The number of esters is 1. The molecule has 0 radical (unpaired) electrons. The van der Waals surface area contributed by atoms with Crippen molar-refractivity contribution in [3.8, 4) is 5.75 Å². The van der Waals surface area contributed by atoms with E-state index in [1.54, 1.807) is 30.8 Å². The lowest BCUT2D eigenvalue weighted by Gasteiger charge is -2.53. The van der Waals surface area contributed by atoms with Crippen molar-refractivity contribution in [3.05, 3.63) is 46.2 Å². The van der Waals surface area contributed by atoms with Gasteiger partial charge in [-0.2, -0.15) is 11.8 Å². The lowest BCUT2D eigenvalue weighted by Crippen LogP contribution is -2.68. The zero-order valence-corrected chi connectivity index (χ0v) is 24.1. The molecule has 0 spiro atoms. The number of Topliss-reactive ketones (excluding diaryl/α,β-unsaturated/α-hetero) is 2. The first kappa shape index (κ1) is 29.8. The molecule has 6 N–H and O–H groups in total.